The quantitative estimate of drug-likeness (QED) is 0.713. The Morgan fingerprint density at radius 3 is 2.79 bits per heavy atom. The molecule has 3 N–H and O–H groups in total. The maximum Gasteiger partial charge on any atom is 0.0367 e. The number of hydrogen-bond acceptors (Lipinski definition) is 2. The van der Waals surface area contributed by atoms with Crippen molar-refractivity contribution < 1.29 is 0 Å². The second-order valence-electron chi connectivity index (χ2n) is 3.50. The van der Waals surface area contributed by atoms with E-state index < -0.39 is 0 Å². The first-order chi connectivity index (χ1) is 6.67. The van der Waals surface area contributed by atoms with Gasteiger partial charge in [-0.1, -0.05) is 18.2 Å². The highest BCUT2D eigenvalue weighted by Crippen LogP contribution is 2.16. The molecule has 76 valence electrons. The van der Waals surface area contributed by atoms with Crippen LogP contribution in [0.1, 0.15) is 11.1 Å². The first-order valence-electron chi connectivity index (χ1n) is 4.82. The van der Waals surface area contributed by atoms with E-state index >= 15 is 0 Å². The van der Waals surface area contributed by atoms with Gasteiger partial charge in [-0.15, -0.1) is 6.58 Å². The van der Waals surface area contributed by atoms with Gasteiger partial charge in [0, 0.05) is 18.8 Å². The van der Waals surface area contributed by atoms with Gasteiger partial charge in [0.15, 0.2) is 0 Å². The Kier molecular flexibility index (Phi) is 3.72. The molecule has 0 fully saturated rings. The molecule has 0 radical (unpaired) electrons. The number of anilines is 1. The van der Waals surface area contributed by atoms with Crippen LogP contribution in [-0.2, 0) is 6.42 Å². The van der Waals surface area contributed by atoms with Crippen molar-refractivity contribution in [3.05, 3.63) is 42.0 Å². The minimum Gasteiger partial charge on any atom is -0.388 e. The zero-order chi connectivity index (χ0) is 10.6. The molecule has 0 heterocycles. The second-order valence-corrected chi connectivity index (χ2v) is 3.50. The summed E-state index contributed by atoms with van der Waals surface area (Å²) in [4.78, 5) is 0. The summed E-state index contributed by atoms with van der Waals surface area (Å²) in [6.07, 6.45) is 2.63. The topological polar surface area (TPSA) is 38.0 Å². The van der Waals surface area contributed by atoms with Crippen molar-refractivity contribution in [1.29, 1.82) is 0 Å². The normalized spacial score (nSPS) is 12.2. The predicted octanol–water partition coefficient (Wildman–Crippen LogP) is 2.09. The van der Waals surface area contributed by atoms with Crippen LogP contribution in [0.2, 0.25) is 0 Å². The fourth-order valence-corrected chi connectivity index (χ4v) is 1.49. The number of nitrogens with two attached hydrogens (primary N) is 1. The Labute approximate surface area is 85.8 Å². The third kappa shape index (κ3) is 2.60. The zero-order valence-corrected chi connectivity index (χ0v) is 8.88. The van der Waals surface area contributed by atoms with Gasteiger partial charge in [0.05, 0.1) is 0 Å². The molecular formula is C12H18N2. The summed E-state index contributed by atoms with van der Waals surface area (Å²) in [5, 5.41) is 3.14. The van der Waals surface area contributed by atoms with Crippen LogP contribution < -0.4 is 11.1 Å². The van der Waals surface area contributed by atoms with Crippen LogP contribution in [0.4, 0.5) is 5.69 Å². The molecule has 1 aromatic carbocycles. The zero-order valence-electron chi connectivity index (χ0n) is 8.88. The molecule has 1 rings (SSSR count). The van der Waals surface area contributed by atoms with E-state index in [0.29, 0.717) is 0 Å². The predicted molar refractivity (Wildman–Crippen MR) is 62.6 cm³/mol. The minimum absolute atomic E-state index is 0.0508. The molecule has 1 unspecified atom stereocenters. The molecule has 0 aliphatic carbocycles. The van der Waals surface area contributed by atoms with Crippen LogP contribution in [0.5, 0.6) is 0 Å². The molecule has 0 saturated heterocycles. The fraction of sp³-hybridized carbons (Fsp3) is 0.333. The average Bonchev–Trinajstić information content (AvgIpc) is 2.18. The minimum atomic E-state index is 0.0508. The van der Waals surface area contributed by atoms with Crippen LogP contribution in [-0.4, -0.2) is 13.1 Å². The van der Waals surface area contributed by atoms with E-state index in [2.05, 4.69) is 37.0 Å². The molecule has 0 bridgehead atoms. The van der Waals surface area contributed by atoms with E-state index in [0.717, 1.165) is 6.42 Å². The number of benzene rings is 1. The maximum absolute atomic E-state index is 5.79. The summed E-state index contributed by atoms with van der Waals surface area (Å²) in [7, 11) is 1.93. The largest absolute Gasteiger partial charge is 0.388 e. The lowest BCUT2D eigenvalue weighted by Crippen LogP contribution is -2.19. The smallest absolute Gasteiger partial charge is 0.0367 e. The third-order valence-corrected chi connectivity index (χ3v) is 2.33. The van der Waals surface area contributed by atoms with Crippen LogP contribution in [0.25, 0.3) is 0 Å². The van der Waals surface area contributed by atoms with Gasteiger partial charge in [-0.2, -0.15) is 0 Å². The molecule has 1 atom stereocenters. The highest BCUT2D eigenvalue weighted by molar-refractivity contribution is 5.51. The van der Waals surface area contributed by atoms with Crippen molar-refractivity contribution in [2.75, 3.05) is 12.4 Å². The molecule has 2 nitrogen and oxygen atoms in total. The van der Waals surface area contributed by atoms with Gasteiger partial charge >= 0.3 is 0 Å². The van der Waals surface area contributed by atoms with Crippen molar-refractivity contribution in [2.45, 2.75) is 19.4 Å². The Balaban J connectivity index is 2.80. The van der Waals surface area contributed by atoms with Crippen LogP contribution in [0.3, 0.4) is 0 Å². The number of nitrogens with one attached hydrogen (secondary N) is 1. The van der Waals surface area contributed by atoms with Gasteiger partial charge in [0.2, 0.25) is 0 Å². The number of aryl methyl sites for hydroxylation is 1. The summed E-state index contributed by atoms with van der Waals surface area (Å²) >= 11 is 0. The van der Waals surface area contributed by atoms with E-state index in [1.165, 1.54) is 16.8 Å². The Hall–Kier alpha value is -1.28. The lowest BCUT2D eigenvalue weighted by molar-refractivity contribution is 0.811. The standard InChI is InChI=1S/C12H18N2/c1-4-11(13)8-10-5-6-12(14-3)9(2)7-10/h4-7,11,14H,1,8,13H2,2-3H3. The highest BCUT2D eigenvalue weighted by Gasteiger charge is 2.01. The Morgan fingerprint density at radius 1 is 1.57 bits per heavy atom. The van der Waals surface area contributed by atoms with Crippen molar-refractivity contribution in [3.8, 4) is 0 Å². The van der Waals surface area contributed by atoms with E-state index in [1.54, 1.807) is 6.08 Å². The molecule has 0 spiro atoms. The summed E-state index contributed by atoms with van der Waals surface area (Å²) in [6, 6.07) is 6.40. The second kappa shape index (κ2) is 4.82. The SMILES string of the molecule is C=CC(N)Cc1ccc(NC)c(C)c1. The van der Waals surface area contributed by atoms with Crippen molar-refractivity contribution >= 4 is 5.69 Å². The van der Waals surface area contributed by atoms with Gasteiger partial charge in [-0.25, -0.2) is 0 Å². The molecule has 0 amide bonds. The monoisotopic (exact) mass is 190 g/mol. The third-order valence-electron chi connectivity index (χ3n) is 2.33. The van der Waals surface area contributed by atoms with E-state index in [4.69, 9.17) is 5.73 Å². The lowest BCUT2D eigenvalue weighted by Gasteiger charge is -2.10. The summed E-state index contributed by atoms with van der Waals surface area (Å²) in [5.41, 5.74) is 9.47. The molecular weight excluding hydrogens is 172 g/mol. The summed E-state index contributed by atoms with van der Waals surface area (Å²) in [5.74, 6) is 0. The van der Waals surface area contributed by atoms with Gasteiger partial charge < -0.3 is 11.1 Å². The van der Waals surface area contributed by atoms with Crippen LogP contribution in [0.15, 0.2) is 30.9 Å². The van der Waals surface area contributed by atoms with Gasteiger partial charge in [0.25, 0.3) is 0 Å². The first-order valence-corrected chi connectivity index (χ1v) is 4.82. The van der Waals surface area contributed by atoms with E-state index in [-0.39, 0.29) is 6.04 Å². The van der Waals surface area contributed by atoms with E-state index in [1.807, 2.05) is 7.05 Å². The Morgan fingerprint density at radius 2 is 2.29 bits per heavy atom. The molecule has 0 aliphatic heterocycles. The fourth-order valence-electron chi connectivity index (χ4n) is 1.49. The summed E-state index contributed by atoms with van der Waals surface area (Å²) < 4.78 is 0. The molecule has 0 saturated carbocycles. The summed E-state index contributed by atoms with van der Waals surface area (Å²) in [6.45, 7) is 5.77. The van der Waals surface area contributed by atoms with Crippen molar-refractivity contribution in [2.24, 2.45) is 5.73 Å². The average molecular weight is 190 g/mol. The number of hydrogen-bond donors (Lipinski definition) is 2. The van der Waals surface area contributed by atoms with Crippen molar-refractivity contribution in [1.82, 2.24) is 0 Å². The molecule has 0 aliphatic rings. The molecule has 0 aromatic heterocycles. The maximum atomic E-state index is 5.79. The number of rotatable bonds is 4. The van der Waals surface area contributed by atoms with E-state index in [9.17, 15) is 0 Å². The Bertz CT molecular complexity index is 318. The van der Waals surface area contributed by atoms with Crippen LogP contribution >= 0.6 is 0 Å². The first kappa shape index (κ1) is 10.8. The lowest BCUT2D eigenvalue weighted by atomic mass is 10.0. The molecule has 2 heteroatoms. The van der Waals surface area contributed by atoms with Crippen LogP contribution in [0, 0.1) is 6.92 Å². The van der Waals surface area contributed by atoms with Crippen molar-refractivity contribution in [3.63, 3.8) is 0 Å². The molecule has 14 heavy (non-hydrogen) atoms. The van der Waals surface area contributed by atoms with Gasteiger partial charge in [0.1, 0.15) is 0 Å². The highest BCUT2D eigenvalue weighted by atomic mass is 14.8. The van der Waals surface area contributed by atoms with Gasteiger partial charge in [-0.05, 0) is 30.5 Å². The van der Waals surface area contributed by atoms with Gasteiger partial charge in [-0.3, -0.25) is 0 Å². The molecule has 1 aromatic rings.